The molecule has 0 heterocycles. The van der Waals surface area contributed by atoms with Crippen LogP contribution in [0.3, 0.4) is 0 Å². The van der Waals surface area contributed by atoms with Gasteiger partial charge < -0.3 is 15.4 Å². The van der Waals surface area contributed by atoms with E-state index in [0.717, 1.165) is 6.42 Å². The van der Waals surface area contributed by atoms with Crippen molar-refractivity contribution in [2.75, 3.05) is 26.8 Å². The number of thiocarbonyl (C=S) groups is 1. The maximum absolute atomic E-state index is 11.5. The molecule has 88 valence electrons. The van der Waals surface area contributed by atoms with E-state index in [9.17, 15) is 4.79 Å². The molecule has 0 aliphatic rings. The number of ether oxygens (including phenoxy) is 1. The summed E-state index contributed by atoms with van der Waals surface area (Å²) in [5.41, 5.74) is 5.41. The van der Waals surface area contributed by atoms with Crippen LogP contribution in [0.5, 0.6) is 0 Å². The van der Waals surface area contributed by atoms with Gasteiger partial charge in [0.25, 0.3) is 0 Å². The highest BCUT2D eigenvalue weighted by Gasteiger charge is 2.10. The Kier molecular flexibility index (Phi) is 8.22. The van der Waals surface area contributed by atoms with Crippen molar-refractivity contribution in [3.05, 3.63) is 0 Å². The van der Waals surface area contributed by atoms with Crippen LogP contribution in [0.1, 0.15) is 26.2 Å². The first-order valence-electron chi connectivity index (χ1n) is 5.16. The molecule has 4 nitrogen and oxygen atoms in total. The first kappa shape index (κ1) is 14.3. The average Bonchev–Trinajstić information content (AvgIpc) is 2.21. The Balaban J connectivity index is 3.95. The van der Waals surface area contributed by atoms with E-state index in [4.69, 9.17) is 22.7 Å². The number of nitrogens with two attached hydrogens (primary N) is 1. The first-order chi connectivity index (χ1) is 7.11. The van der Waals surface area contributed by atoms with Crippen molar-refractivity contribution >= 4 is 23.1 Å². The molecule has 0 unspecified atom stereocenters. The van der Waals surface area contributed by atoms with Crippen LogP contribution in [0.15, 0.2) is 0 Å². The SMILES string of the molecule is CCC(=O)N(CCCOC)CCC(N)=S. The Hall–Kier alpha value is -0.680. The van der Waals surface area contributed by atoms with Gasteiger partial charge in [0.2, 0.25) is 5.91 Å². The lowest BCUT2D eigenvalue weighted by Crippen LogP contribution is -2.34. The molecule has 0 saturated heterocycles. The van der Waals surface area contributed by atoms with Crippen molar-refractivity contribution in [2.45, 2.75) is 26.2 Å². The van der Waals surface area contributed by atoms with Crippen molar-refractivity contribution in [2.24, 2.45) is 5.73 Å². The van der Waals surface area contributed by atoms with Crippen molar-refractivity contribution < 1.29 is 9.53 Å². The highest BCUT2D eigenvalue weighted by molar-refractivity contribution is 7.80. The van der Waals surface area contributed by atoms with Gasteiger partial charge in [0.15, 0.2) is 0 Å². The number of hydrogen-bond donors (Lipinski definition) is 1. The van der Waals surface area contributed by atoms with Crippen LogP contribution >= 0.6 is 12.2 Å². The van der Waals surface area contributed by atoms with Crippen molar-refractivity contribution in [1.29, 1.82) is 0 Å². The molecule has 0 aromatic rings. The summed E-state index contributed by atoms with van der Waals surface area (Å²) in [7, 11) is 1.65. The zero-order valence-electron chi connectivity index (χ0n) is 9.49. The van der Waals surface area contributed by atoms with Gasteiger partial charge in [-0.05, 0) is 6.42 Å². The number of nitrogens with zero attached hydrogens (tertiary/aromatic N) is 1. The minimum Gasteiger partial charge on any atom is -0.393 e. The maximum Gasteiger partial charge on any atom is 0.222 e. The van der Waals surface area contributed by atoms with Crippen molar-refractivity contribution in [3.8, 4) is 0 Å². The van der Waals surface area contributed by atoms with E-state index >= 15 is 0 Å². The Bertz CT molecular complexity index is 210. The molecule has 0 aromatic carbocycles. The third-order valence-corrected chi connectivity index (χ3v) is 2.26. The van der Waals surface area contributed by atoms with Crippen LogP contribution in [0.4, 0.5) is 0 Å². The number of methoxy groups -OCH3 is 1. The fourth-order valence-electron chi connectivity index (χ4n) is 1.23. The van der Waals surface area contributed by atoms with E-state index in [-0.39, 0.29) is 5.91 Å². The van der Waals surface area contributed by atoms with Crippen LogP contribution in [-0.4, -0.2) is 42.6 Å². The number of rotatable bonds is 8. The van der Waals surface area contributed by atoms with Crippen LogP contribution in [0.2, 0.25) is 0 Å². The number of carbonyl (C=O) groups is 1. The van der Waals surface area contributed by atoms with Gasteiger partial charge in [-0.25, -0.2) is 0 Å². The van der Waals surface area contributed by atoms with E-state index in [1.165, 1.54) is 0 Å². The molecule has 2 N–H and O–H groups in total. The van der Waals surface area contributed by atoms with Gasteiger partial charge in [0.05, 0.1) is 4.99 Å². The second-order valence-corrected chi connectivity index (χ2v) is 3.82. The first-order valence-corrected chi connectivity index (χ1v) is 5.57. The molecule has 0 aromatic heterocycles. The minimum atomic E-state index is 0.141. The normalized spacial score (nSPS) is 10.0. The van der Waals surface area contributed by atoms with Gasteiger partial charge in [-0.3, -0.25) is 4.79 Å². The van der Waals surface area contributed by atoms with Gasteiger partial charge >= 0.3 is 0 Å². The third kappa shape index (κ3) is 7.27. The number of hydrogen-bond acceptors (Lipinski definition) is 3. The van der Waals surface area contributed by atoms with E-state index in [1.807, 2.05) is 6.92 Å². The third-order valence-electron chi connectivity index (χ3n) is 2.06. The summed E-state index contributed by atoms with van der Waals surface area (Å²) in [6, 6.07) is 0. The van der Waals surface area contributed by atoms with E-state index in [2.05, 4.69) is 0 Å². The highest BCUT2D eigenvalue weighted by atomic mass is 32.1. The van der Waals surface area contributed by atoms with Gasteiger partial charge in [0.1, 0.15) is 0 Å². The predicted octanol–water partition coefficient (Wildman–Crippen LogP) is 0.938. The Morgan fingerprint density at radius 2 is 2.13 bits per heavy atom. The molecule has 1 amide bonds. The molecule has 0 radical (unpaired) electrons. The summed E-state index contributed by atoms with van der Waals surface area (Å²) in [5.74, 6) is 0.141. The zero-order chi connectivity index (χ0) is 11.7. The quantitative estimate of drug-likeness (QED) is 0.500. The average molecular weight is 232 g/mol. The largest absolute Gasteiger partial charge is 0.393 e. The molecule has 0 rings (SSSR count). The molecule has 0 saturated carbocycles. The predicted molar refractivity (Wildman–Crippen MR) is 64.8 cm³/mol. The molecule has 5 heteroatoms. The fourth-order valence-corrected chi connectivity index (χ4v) is 1.32. The second kappa shape index (κ2) is 8.61. The highest BCUT2D eigenvalue weighted by Crippen LogP contribution is 1.99. The van der Waals surface area contributed by atoms with Crippen molar-refractivity contribution in [1.82, 2.24) is 4.90 Å². The lowest BCUT2D eigenvalue weighted by molar-refractivity contribution is -0.130. The summed E-state index contributed by atoms with van der Waals surface area (Å²) in [6.45, 7) is 3.85. The van der Waals surface area contributed by atoms with E-state index in [0.29, 0.717) is 37.5 Å². The molecule has 15 heavy (non-hydrogen) atoms. The van der Waals surface area contributed by atoms with Gasteiger partial charge in [0, 0.05) is 39.6 Å². The molecule has 0 atom stereocenters. The second-order valence-electron chi connectivity index (χ2n) is 3.30. The van der Waals surface area contributed by atoms with Crippen LogP contribution in [0.25, 0.3) is 0 Å². The molecule has 0 bridgehead atoms. The van der Waals surface area contributed by atoms with Crippen molar-refractivity contribution in [3.63, 3.8) is 0 Å². The maximum atomic E-state index is 11.5. The summed E-state index contributed by atoms with van der Waals surface area (Å²) < 4.78 is 4.94. The van der Waals surface area contributed by atoms with Crippen LogP contribution in [-0.2, 0) is 9.53 Å². The molecule has 0 aliphatic heterocycles. The molecular formula is C10H20N2O2S. The minimum absolute atomic E-state index is 0.141. The van der Waals surface area contributed by atoms with E-state index in [1.54, 1.807) is 12.0 Å². The zero-order valence-corrected chi connectivity index (χ0v) is 10.3. The van der Waals surface area contributed by atoms with Gasteiger partial charge in [-0.15, -0.1) is 0 Å². The molecular weight excluding hydrogens is 212 g/mol. The standard InChI is InChI=1S/C10H20N2O2S/c1-3-10(13)12(6-4-8-14-2)7-5-9(11)15/h3-8H2,1-2H3,(H2,11,15). The fraction of sp³-hybridized carbons (Fsp3) is 0.800. The van der Waals surface area contributed by atoms with E-state index < -0.39 is 0 Å². The lowest BCUT2D eigenvalue weighted by Gasteiger charge is -2.21. The Labute approximate surface area is 96.8 Å². The summed E-state index contributed by atoms with van der Waals surface area (Å²) in [4.78, 5) is 13.8. The Morgan fingerprint density at radius 1 is 1.47 bits per heavy atom. The number of amides is 1. The van der Waals surface area contributed by atoms with Crippen LogP contribution in [0, 0.1) is 0 Å². The summed E-state index contributed by atoms with van der Waals surface area (Å²) in [5, 5.41) is 0. The summed E-state index contributed by atoms with van der Waals surface area (Å²) >= 11 is 4.79. The molecule has 0 fully saturated rings. The summed E-state index contributed by atoms with van der Waals surface area (Å²) in [6.07, 6.45) is 1.96. The monoisotopic (exact) mass is 232 g/mol. The lowest BCUT2D eigenvalue weighted by atomic mass is 10.3. The van der Waals surface area contributed by atoms with Gasteiger partial charge in [-0.1, -0.05) is 19.1 Å². The number of carbonyl (C=O) groups excluding carboxylic acids is 1. The Morgan fingerprint density at radius 3 is 2.60 bits per heavy atom. The topological polar surface area (TPSA) is 55.6 Å². The smallest absolute Gasteiger partial charge is 0.222 e. The molecule has 0 aliphatic carbocycles. The van der Waals surface area contributed by atoms with Gasteiger partial charge in [-0.2, -0.15) is 0 Å². The van der Waals surface area contributed by atoms with Crippen LogP contribution < -0.4 is 5.73 Å². The molecule has 0 spiro atoms.